The number of ether oxygens (including phenoxy) is 2. The fourth-order valence-corrected chi connectivity index (χ4v) is 4.99. The number of hydrogen-bond acceptors (Lipinski definition) is 7. The topological polar surface area (TPSA) is 84.9 Å². The number of nitrogens with zero attached hydrogens (tertiary/aromatic N) is 1. The van der Waals surface area contributed by atoms with Gasteiger partial charge in [-0.2, -0.15) is 0 Å². The molecule has 1 atom stereocenters. The van der Waals surface area contributed by atoms with Crippen LogP contribution in [-0.2, 0) is 20.7 Å². The molecule has 1 unspecified atom stereocenters. The smallest absolute Gasteiger partial charge is 0.314 e. The number of carbonyl (C=O) groups excluding carboxylic acids is 3. The van der Waals surface area contributed by atoms with Crippen LogP contribution >= 0.6 is 22.9 Å². The minimum atomic E-state index is -0.712. The normalized spacial score (nSPS) is 13.6. The molecular weight excluding hydrogens is 495 g/mol. The highest BCUT2D eigenvalue weighted by Gasteiger charge is 2.29. The number of nitrogens with one attached hydrogen (secondary N) is 1. The van der Waals surface area contributed by atoms with Gasteiger partial charge in [0.2, 0.25) is 0 Å². The van der Waals surface area contributed by atoms with Crippen LogP contribution in [0, 0.1) is 5.82 Å². The molecule has 0 radical (unpaired) electrons. The lowest BCUT2D eigenvalue weighted by atomic mass is 9.97. The van der Waals surface area contributed by atoms with E-state index >= 15 is 0 Å². The van der Waals surface area contributed by atoms with Crippen LogP contribution in [0.25, 0.3) is 0 Å². The molecular formula is C25H22ClFN2O5S. The van der Waals surface area contributed by atoms with Gasteiger partial charge in [-0.25, -0.2) is 4.39 Å². The molecule has 0 aliphatic carbocycles. The van der Waals surface area contributed by atoms with E-state index in [0.29, 0.717) is 20.7 Å². The van der Waals surface area contributed by atoms with Gasteiger partial charge in [-0.1, -0.05) is 23.7 Å². The highest BCUT2D eigenvalue weighted by atomic mass is 35.5. The fraction of sp³-hybridized carbons (Fsp3) is 0.240. The Morgan fingerprint density at radius 3 is 2.60 bits per heavy atom. The van der Waals surface area contributed by atoms with Crippen LogP contribution in [0.5, 0.6) is 5.75 Å². The standard InChI is InChI=1S/C25H22ClFN2O5S/c1-28-20-12-21-17(11-19(20)27)24(31)29(13-34-21)15-5-3-14(4-6-15)9-16(30)10-18(25(32)33-2)22-7-8-23(26)35-22/h3-8,11-12,18,28H,9-10,13H2,1-2H3. The Morgan fingerprint density at radius 2 is 1.97 bits per heavy atom. The van der Waals surface area contributed by atoms with Crippen molar-refractivity contribution in [1.29, 1.82) is 0 Å². The van der Waals surface area contributed by atoms with Crippen molar-refractivity contribution >= 4 is 52.0 Å². The second kappa shape index (κ2) is 10.5. The zero-order chi connectivity index (χ0) is 25.1. The number of ketones is 1. The summed E-state index contributed by atoms with van der Waals surface area (Å²) in [5.41, 5.74) is 1.66. The van der Waals surface area contributed by atoms with Gasteiger partial charge in [0.15, 0.2) is 6.73 Å². The van der Waals surface area contributed by atoms with E-state index in [1.807, 2.05) is 0 Å². The molecule has 4 rings (SSSR count). The molecule has 3 aromatic rings. The number of anilines is 2. The fourth-order valence-electron chi connectivity index (χ4n) is 3.84. The van der Waals surface area contributed by atoms with Crippen molar-refractivity contribution in [3.63, 3.8) is 0 Å². The first-order valence-corrected chi connectivity index (χ1v) is 11.9. The van der Waals surface area contributed by atoms with Gasteiger partial charge in [0.25, 0.3) is 5.91 Å². The number of rotatable bonds is 8. The van der Waals surface area contributed by atoms with Gasteiger partial charge < -0.3 is 14.8 Å². The minimum absolute atomic E-state index is 0.0132. The van der Waals surface area contributed by atoms with Crippen molar-refractivity contribution in [2.45, 2.75) is 18.8 Å². The van der Waals surface area contributed by atoms with Crippen LogP contribution < -0.4 is 15.0 Å². The molecule has 1 aliphatic heterocycles. The summed E-state index contributed by atoms with van der Waals surface area (Å²) in [5.74, 6) is -1.96. The maximum atomic E-state index is 14.2. The molecule has 0 saturated heterocycles. The van der Waals surface area contributed by atoms with Gasteiger partial charge in [0.05, 0.1) is 28.6 Å². The van der Waals surface area contributed by atoms with E-state index in [1.165, 1.54) is 29.4 Å². The molecule has 10 heteroatoms. The summed E-state index contributed by atoms with van der Waals surface area (Å²) < 4.78 is 25.2. The van der Waals surface area contributed by atoms with E-state index in [0.717, 1.165) is 11.6 Å². The molecule has 2 heterocycles. The van der Waals surface area contributed by atoms with E-state index in [2.05, 4.69) is 5.32 Å². The summed E-state index contributed by atoms with van der Waals surface area (Å²) in [5, 5.41) is 2.72. The van der Waals surface area contributed by atoms with Crippen LogP contribution in [0.15, 0.2) is 48.5 Å². The summed E-state index contributed by atoms with van der Waals surface area (Å²) in [7, 11) is 2.87. The Labute approximate surface area is 210 Å². The van der Waals surface area contributed by atoms with Crippen molar-refractivity contribution in [3.05, 3.63) is 74.7 Å². The number of amides is 1. The average molecular weight is 517 g/mol. The van der Waals surface area contributed by atoms with Gasteiger partial charge in [0, 0.05) is 36.5 Å². The average Bonchev–Trinajstić information content (AvgIpc) is 3.29. The molecule has 0 bridgehead atoms. The number of esters is 1. The molecule has 1 aliphatic rings. The maximum absolute atomic E-state index is 14.2. The van der Waals surface area contributed by atoms with Gasteiger partial charge >= 0.3 is 5.97 Å². The van der Waals surface area contributed by atoms with Crippen LogP contribution in [0.2, 0.25) is 4.34 Å². The summed E-state index contributed by atoms with van der Waals surface area (Å²) in [4.78, 5) is 39.9. The third kappa shape index (κ3) is 5.31. The number of Topliss-reactive ketones (excluding diaryl/α,β-unsaturated/α-hetero) is 1. The lowest BCUT2D eigenvalue weighted by Crippen LogP contribution is -2.38. The molecule has 0 saturated carbocycles. The highest BCUT2D eigenvalue weighted by Crippen LogP contribution is 2.33. The molecule has 35 heavy (non-hydrogen) atoms. The number of methoxy groups -OCH3 is 1. The first-order valence-electron chi connectivity index (χ1n) is 10.7. The maximum Gasteiger partial charge on any atom is 0.314 e. The Kier molecular flexibility index (Phi) is 7.37. The van der Waals surface area contributed by atoms with Crippen LogP contribution in [0.3, 0.4) is 0 Å². The molecule has 0 spiro atoms. The SMILES string of the molecule is CNc1cc2c(cc1F)C(=O)N(c1ccc(CC(=O)CC(C(=O)OC)c3ccc(Cl)s3)cc1)CO2. The van der Waals surface area contributed by atoms with E-state index in [1.54, 1.807) is 43.4 Å². The predicted octanol–water partition coefficient (Wildman–Crippen LogP) is 5.04. The second-order valence-corrected chi connectivity index (χ2v) is 9.64. The molecule has 1 aromatic heterocycles. The first kappa shape index (κ1) is 24.7. The van der Waals surface area contributed by atoms with Gasteiger partial charge in [-0.05, 0) is 35.9 Å². The molecule has 1 amide bonds. The summed E-state index contributed by atoms with van der Waals surface area (Å²) in [6.45, 7) is -0.0247. The lowest BCUT2D eigenvalue weighted by molar-refractivity contribution is -0.143. The molecule has 2 aromatic carbocycles. The van der Waals surface area contributed by atoms with Crippen LogP contribution in [-0.4, -0.2) is 38.5 Å². The number of benzene rings is 2. The van der Waals surface area contributed by atoms with Crippen molar-refractivity contribution in [2.24, 2.45) is 0 Å². The van der Waals surface area contributed by atoms with Crippen molar-refractivity contribution in [3.8, 4) is 5.75 Å². The van der Waals surface area contributed by atoms with E-state index in [9.17, 15) is 18.8 Å². The molecule has 182 valence electrons. The van der Waals surface area contributed by atoms with E-state index in [4.69, 9.17) is 21.1 Å². The molecule has 0 fully saturated rings. The zero-order valence-corrected chi connectivity index (χ0v) is 20.5. The number of halogens is 2. The quantitative estimate of drug-likeness (QED) is 0.422. The lowest BCUT2D eigenvalue weighted by Gasteiger charge is -2.29. The minimum Gasteiger partial charge on any atom is -0.472 e. The van der Waals surface area contributed by atoms with E-state index < -0.39 is 17.7 Å². The van der Waals surface area contributed by atoms with Gasteiger partial charge in [0.1, 0.15) is 17.3 Å². The highest BCUT2D eigenvalue weighted by molar-refractivity contribution is 7.16. The first-order chi connectivity index (χ1) is 16.8. The van der Waals surface area contributed by atoms with Crippen LogP contribution in [0.1, 0.15) is 33.1 Å². The molecule has 1 N–H and O–H groups in total. The number of thiophene rings is 1. The summed E-state index contributed by atoms with van der Waals surface area (Å²) in [6, 6.07) is 12.9. The van der Waals surface area contributed by atoms with Crippen molar-refractivity contribution in [1.82, 2.24) is 0 Å². The Bertz CT molecular complexity index is 1280. The largest absolute Gasteiger partial charge is 0.472 e. The molecule has 7 nitrogen and oxygen atoms in total. The van der Waals surface area contributed by atoms with Crippen LogP contribution in [0.4, 0.5) is 15.8 Å². The Morgan fingerprint density at radius 1 is 1.23 bits per heavy atom. The summed E-state index contributed by atoms with van der Waals surface area (Å²) >= 11 is 7.22. The van der Waals surface area contributed by atoms with Gasteiger partial charge in [-0.15, -0.1) is 11.3 Å². The van der Waals surface area contributed by atoms with Crippen molar-refractivity contribution < 1.29 is 28.2 Å². The van der Waals surface area contributed by atoms with Gasteiger partial charge in [-0.3, -0.25) is 19.3 Å². The monoisotopic (exact) mass is 516 g/mol. The van der Waals surface area contributed by atoms with Crippen molar-refractivity contribution in [2.75, 3.05) is 31.1 Å². The second-order valence-electron chi connectivity index (χ2n) is 7.89. The van der Waals surface area contributed by atoms with E-state index in [-0.39, 0.29) is 42.5 Å². The number of fused-ring (bicyclic) bond motifs is 1. The Balaban J connectivity index is 1.44. The Hall–Kier alpha value is -3.43. The summed E-state index contributed by atoms with van der Waals surface area (Å²) in [6.07, 6.45) is 0.0961. The third-order valence-electron chi connectivity index (χ3n) is 5.67. The predicted molar refractivity (Wildman–Crippen MR) is 132 cm³/mol. The zero-order valence-electron chi connectivity index (χ0n) is 19.0. The number of carbonyl (C=O) groups is 3. The third-order valence-corrected chi connectivity index (χ3v) is 7.01. The number of hydrogen-bond donors (Lipinski definition) is 1.